The summed E-state index contributed by atoms with van der Waals surface area (Å²) in [7, 11) is -2.39. The summed E-state index contributed by atoms with van der Waals surface area (Å²) in [5.41, 5.74) is 7.69. The quantitative estimate of drug-likeness (QED) is 0.135. The van der Waals surface area contributed by atoms with Crippen molar-refractivity contribution in [3.63, 3.8) is 0 Å². The third-order valence-electron chi connectivity index (χ3n) is 6.78. The molecule has 0 spiro atoms. The number of aliphatic carboxylic acids is 1. The molecule has 0 unspecified atom stereocenters. The number of nitrogens with one attached hydrogen (secondary N) is 3. The van der Waals surface area contributed by atoms with Gasteiger partial charge >= 0.3 is 20.2 Å². The van der Waals surface area contributed by atoms with Crippen LogP contribution in [0.2, 0.25) is 0 Å². The molecule has 0 saturated carbocycles. The van der Waals surface area contributed by atoms with Crippen LogP contribution in [0.5, 0.6) is 0 Å². The van der Waals surface area contributed by atoms with Crippen molar-refractivity contribution in [2.24, 2.45) is 5.73 Å². The average Bonchev–Trinajstić information content (AvgIpc) is 3.47. The number of primary amides is 1. The highest BCUT2D eigenvalue weighted by Crippen LogP contribution is 2.14. The Bertz CT molecular complexity index is 1370. The SMILES string of the molecule is C[C@H](NC(=O)c1ccc2c(c1)B(O)OC2)[C@H](NC(=O)c1ccc2c(c1)B(O)OC2)C(=O)N[C@@H](CC(N)=O)CC(=O)O. The molecule has 0 aromatic heterocycles. The lowest BCUT2D eigenvalue weighted by Gasteiger charge is -2.27. The molecule has 2 aliphatic heterocycles. The minimum absolute atomic E-state index is 0.0939. The van der Waals surface area contributed by atoms with E-state index in [9.17, 15) is 39.1 Å². The predicted molar refractivity (Wildman–Crippen MR) is 144 cm³/mol. The van der Waals surface area contributed by atoms with Crippen LogP contribution in [-0.2, 0) is 36.9 Å². The first-order chi connectivity index (χ1) is 19.4. The molecule has 2 heterocycles. The van der Waals surface area contributed by atoms with Crippen molar-refractivity contribution >= 4 is 54.8 Å². The first-order valence-electron chi connectivity index (χ1n) is 12.7. The molecular weight excluding hydrogens is 538 g/mol. The van der Waals surface area contributed by atoms with Crippen LogP contribution >= 0.6 is 0 Å². The van der Waals surface area contributed by atoms with Crippen molar-refractivity contribution < 1.29 is 48.4 Å². The Balaban J connectivity index is 1.55. The van der Waals surface area contributed by atoms with Crippen LogP contribution in [-0.4, -0.2) is 77.1 Å². The Morgan fingerprint density at radius 2 is 1.37 bits per heavy atom. The Labute approximate surface area is 234 Å². The number of carboxylic acid groups (broad SMARTS) is 1. The van der Waals surface area contributed by atoms with Crippen LogP contribution in [0.4, 0.5) is 0 Å². The van der Waals surface area contributed by atoms with Gasteiger partial charge in [0.2, 0.25) is 11.8 Å². The van der Waals surface area contributed by atoms with E-state index >= 15 is 0 Å². The summed E-state index contributed by atoms with van der Waals surface area (Å²) >= 11 is 0. The number of carboxylic acids is 1. The van der Waals surface area contributed by atoms with E-state index in [-0.39, 0.29) is 24.3 Å². The zero-order valence-electron chi connectivity index (χ0n) is 22.0. The van der Waals surface area contributed by atoms with E-state index in [0.717, 1.165) is 5.56 Å². The number of rotatable bonds is 11. The minimum Gasteiger partial charge on any atom is -0.481 e. The van der Waals surface area contributed by atoms with Gasteiger partial charge in [0.05, 0.1) is 25.7 Å². The van der Waals surface area contributed by atoms with Crippen LogP contribution in [0.25, 0.3) is 0 Å². The predicted octanol–water partition coefficient (Wildman–Crippen LogP) is -3.13. The first-order valence-corrected chi connectivity index (χ1v) is 12.7. The number of fused-ring (bicyclic) bond motifs is 2. The van der Waals surface area contributed by atoms with Crippen LogP contribution < -0.4 is 32.6 Å². The Morgan fingerprint density at radius 1 is 0.854 bits per heavy atom. The summed E-state index contributed by atoms with van der Waals surface area (Å²) in [5, 5.41) is 36.8. The van der Waals surface area contributed by atoms with Gasteiger partial charge < -0.3 is 46.1 Å². The third kappa shape index (κ3) is 7.10. The lowest BCUT2D eigenvalue weighted by atomic mass is 9.78. The monoisotopic (exact) mass is 566 g/mol. The van der Waals surface area contributed by atoms with Gasteiger partial charge in [-0.1, -0.05) is 12.1 Å². The maximum atomic E-state index is 13.3. The number of carbonyl (C=O) groups is 5. The maximum absolute atomic E-state index is 13.3. The van der Waals surface area contributed by atoms with Gasteiger partial charge in [-0.3, -0.25) is 24.0 Å². The molecule has 2 aromatic carbocycles. The molecule has 4 amide bonds. The van der Waals surface area contributed by atoms with Crippen molar-refractivity contribution in [3.8, 4) is 0 Å². The lowest BCUT2D eigenvalue weighted by Crippen LogP contribution is -2.59. The lowest BCUT2D eigenvalue weighted by molar-refractivity contribution is -0.138. The van der Waals surface area contributed by atoms with Crippen molar-refractivity contribution in [1.29, 1.82) is 0 Å². The second-order valence-electron chi connectivity index (χ2n) is 9.84. The largest absolute Gasteiger partial charge is 0.491 e. The number of nitrogens with two attached hydrogens (primary N) is 1. The molecule has 14 nitrogen and oxygen atoms in total. The molecule has 4 rings (SSSR count). The Hall–Kier alpha value is -4.24. The number of carbonyl (C=O) groups excluding carboxylic acids is 4. The van der Waals surface area contributed by atoms with Gasteiger partial charge in [0.15, 0.2) is 0 Å². The molecule has 0 radical (unpaired) electrons. The Kier molecular flexibility index (Phi) is 9.08. The van der Waals surface area contributed by atoms with E-state index in [1.165, 1.54) is 31.2 Å². The van der Waals surface area contributed by atoms with Crippen molar-refractivity contribution in [2.45, 2.75) is 51.1 Å². The fraction of sp³-hybridized carbons (Fsp3) is 0.320. The van der Waals surface area contributed by atoms with Gasteiger partial charge in [-0.05, 0) is 53.2 Å². The Morgan fingerprint density at radius 3 is 1.85 bits per heavy atom. The number of amides is 4. The highest BCUT2D eigenvalue weighted by molar-refractivity contribution is 6.62. The highest BCUT2D eigenvalue weighted by Gasteiger charge is 2.33. The van der Waals surface area contributed by atoms with Gasteiger partial charge in [0, 0.05) is 23.6 Å². The molecular formula is C25H28B2N4O10. The second kappa shape index (κ2) is 12.5. The van der Waals surface area contributed by atoms with Crippen molar-refractivity contribution in [2.75, 3.05) is 0 Å². The van der Waals surface area contributed by atoms with E-state index in [4.69, 9.17) is 15.0 Å². The van der Waals surface area contributed by atoms with Crippen LogP contribution in [0.15, 0.2) is 36.4 Å². The van der Waals surface area contributed by atoms with E-state index < -0.39 is 74.8 Å². The summed E-state index contributed by atoms with van der Waals surface area (Å²) in [6, 6.07) is 5.43. The van der Waals surface area contributed by atoms with E-state index in [0.29, 0.717) is 16.5 Å². The molecule has 0 bridgehead atoms. The summed E-state index contributed by atoms with van der Waals surface area (Å²) < 4.78 is 10.3. The van der Waals surface area contributed by atoms with Gasteiger partial charge in [0.1, 0.15) is 6.04 Å². The zero-order chi connectivity index (χ0) is 29.8. The first kappa shape index (κ1) is 29.7. The third-order valence-corrected chi connectivity index (χ3v) is 6.78. The average molecular weight is 566 g/mol. The van der Waals surface area contributed by atoms with E-state index in [1.54, 1.807) is 12.1 Å². The van der Waals surface area contributed by atoms with Gasteiger partial charge in [-0.2, -0.15) is 0 Å². The minimum atomic E-state index is -1.44. The number of hydrogen-bond acceptors (Lipinski definition) is 9. The molecule has 214 valence electrons. The fourth-order valence-electron chi connectivity index (χ4n) is 4.65. The molecule has 0 aliphatic carbocycles. The smallest absolute Gasteiger partial charge is 0.481 e. The summed E-state index contributed by atoms with van der Waals surface area (Å²) in [6.07, 6.45) is -1.08. The van der Waals surface area contributed by atoms with E-state index in [1.807, 2.05) is 0 Å². The van der Waals surface area contributed by atoms with Crippen molar-refractivity contribution in [1.82, 2.24) is 16.0 Å². The van der Waals surface area contributed by atoms with E-state index in [2.05, 4.69) is 16.0 Å². The number of benzene rings is 2. The van der Waals surface area contributed by atoms with Crippen LogP contribution in [0.3, 0.4) is 0 Å². The summed E-state index contributed by atoms with van der Waals surface area (Å²) in [5.74, 6) is -4.36. The standard InChI is InChI=1S/C25H28B2N4O10/c1-12(29-23(35)13-2-4-15-10-40-26(38)18(15)6-13)22(25(37)30-17(8-20(28)32)9-21(33)34)31-24(36)14-3-5-16-11-41-27(39)19(16)7-14/h2-7,12,17,22,38-39H,8-11H2,1H3,(H2,28,32)(H,29,35)(H,30,37)(H,31,36)(H,33,34)/t12-,17-,22-/m0/s1. The van der Waals surface area contributed by atoms with Gasteiger partial charge in [0.25, 0.3) is 11.8 Å². The fourth-order valence-corrected chi connectivity index (χ4v) is 4.65. The van der Waals surface area contributed by atoms with Gasteiger partial charge in [-0.15, -0.1) is 0 Å². The second-order valence-corrected chi connectivity index (χ2v) is 9.84. The zero-order valence-corrected chi connectivity index (χ0v) is 22.0. The molecule has 2 aromatic rings. The number of hydrogen-bond donors (Lipinski definition) is 7. The van der Waals surface area contributed by atoms with Crippen molar-refractivity contribution in [3.05, 3.63) is 58.7 Å². The van der Waals surface area contributed by atoms with Crippen LogP contribution in [0.1, 0.15) is 51.6 Å². The topological polar surface area (TPSA) is 227 Å². The molecule has 0 saturated heterocycles. The molecule has 3 atom stereocenters. The highest BCUT2D eigenvalue weighted by atomic mass is 16.5. The molecule has 2 aliphatic rings. The molecule has 8 N–H and O–H groups in total. The van der Waals surface area contributed by atoms with Gasteiger partial charge in [-0.25, -0.2) is 0 Å². The summed E-state index contributed by atoms with van der Waals surface area (Å²) in [6.45, 7) is 1.81. The molecule has 0 fully saturated rings. The summed E-state index contributed by atoms with van der Waals surface area (Å²) in [4.78, 5) is 62.3. The maximum Gasteiger partial charge on any atom is 0.491 e. The normalized spacial score (nSPS) is 15.8. The van der Waals surface area contributed by atoms with Crippen LogP contribution in [0, 0.1) is 0 Å². The molecule has 41 heavy (non-hydrogen) atoms. The molecule has 16 heteroatoms.